The Kier molecular flexibility index (Phi) is 10.4. The van der Waals surface area contributed by atoms with Crippen LogP contribution < -0.4 is 9.62 Å². The summed E-state index contributed by atoms with van der Waals surface area (Å²) in [6.07, 6.45) is 0.189. The predicted octanol–water partition coefficient (Wildman–Crippen LogP) is 5.82. The molecule has 0 radical (unpaired) electrons. The quantitative estimate of drug-likeness (QED) is 0.218. The fourth-order valence-electron chi connectivity index (χ4n) is 4.44. The van der Waals surface area contributed by atoms with Crippen LogP contribution in [0.25, 0.3) is 0 Å². The van der Waals surface area contributed by atoms with Crippen LogP contribution in [0.3, 0.4) is 0 Å². The molecule has 0 aliphatic heterocycles. The van der Waals surface area contributed by atoms with Gasteiger partial charge in [-0.1, -0.05) is 88.2 Å². The molecule has 0 aliphatic carbocycles. The summed E-state index contributed by atoms with van der Waals surface area (Å²) in [6.45, 7) is -0.651. The van der Waals surface area contributed by atoms with Gasteiger partial charge in [-0.15, -0.1) is 0 Å². The van der Waals surface area contributed by atoms with Crippen molar-refractivity contribution in [2.45, 2.75) is 23.9 Å². The third kappa shape index (κ3) is 7.56. The zero-order valence-corrected chi connectivity index (χ0v) is 25.7. The van der Waals surface area contributed by atoms with E-state index >= 15 is 0 Å². The van der Waals surface area contributed by atoms with Crippen molar-refractivity contribution in [1.82, 2.24) is 10.2 Å². The number of hydrogen-bond acceptors (Lipinski definition) is 4. The van der Waals surface area contributed by atoms with Crippen molar-refractivity contribution in [3.05, 3.63) is 130 Å². The summed E-state index contributed by atoms with van der Waals surface area (Å²) in [5.41, 5.74) is 1.54. The lowest BCUT2D eigenvalue weighted by atomic mass is 10.0. The van der Waals surface area contributed by atoms with Crippen LogP contribution in [0.4, 0.5) is 10.1 Å². The van der Waals surface area contributed by atoms with E-state index in [-0.39, 0.29) is 28.6 Å². The average molecular weight is 673 g/mol. The van der Waals surface area contributed by atoms with Crippen molar-refractivity contribution < 1.29 is 22.4 Å². The lowest BCUT2D eigenvalue weighted by Gasteiger charge is -2.33. The Morgan fingerprint density at radius 2 is 1.55 bits per heavy atom. The summed E-state index contributed by atoms with van der Waals surface area (Å²) in [5.74, 6) is -1.79. The fraction of sp³-hybridized carbons (Fsp3) is 0.161. The molecular formula is C31H28BrClFN3O4S. The number of benzene rings is 4. The van der Waals surface area contributed by atoms with Gasteiger partial charge in [0.15, 0.2) is 0 Å². The second-order valence-electron chi connectivity index (χ2n) is 9.39. The maximum Gasteiger partial charge on any atom is 0.264 e. The highest BCUT2D eigenvalue weighted by atomic mass is 79.9. The molecule has 1 atom stereocenters. The molecule has 0 fully saturated rings. The number of nitrogens with zero attached hydrogens (tertiary/aromatic N) is 2. The molecule has 0 saturated carbocycles. The first kappa shape index (κ1) is 31.2. The molecule has 4 aromatic carbocycles. The Morgan fingerprint density at radius 3 is 2.17 bits per heavy atom. The summed E-state index contributed by atoms with van der Waals surface area (Å²) in [6, 6.07) is 26.6. The normalized spacial score (nSPS) is 11.9. The van der Waals surface area contributed by atoms with E-state index < -0.39 is 40.2 Å². The van der Waals surface area contributed by atoms with Crippen molar-refractivity contribution in [2.75, 3.05) is 17.9 Å². The maximum atomic E-state index is 14.2. The molecular weight excluding hydrogens is 645 g/mol. The van der Waals surface area contributed by atoms with Gasteiger partial charge in [0.05, 0.1) is 15.6 Å². The fourth-order valence-corrected chi connectivity index (χ4v) is 6.49. The highest BCUT2D eigenvalue weighted by Gasteiger charge is 2.34. The van der Waals surface area contributed by atoms with E-state index in [0.29, 0.717) is 0 Å². The molecule has 218 valence electrons. The molecule has 1 N–H and O–H groups in total. The van der Waals surface area contributed by atoms with E-state index in [1.807, 2.05) is 48.5 Å². The van der Waals surface area contributed by atoms with Gasteiger partial charge in [0.2, 0.25) is 11.8 Å². The highest BCUT2D eigenvalue weighted by Crippen LogP contribution is 2.28. The molecule has 0 unspecified atom stereocenters. The number of halogens is 3. The van der Waals surface area contributed by atoms with Crippen LogP contribution in [0, 0.1) is 5.82 Å². The molecule has 2 amide bonds. The SMILES string of the molecule is CNC(=O)[C@@H](Cc1ccccc1)N(Cc1cccc(Br)c1)C(=O)CN(c1ccc(F)c(Cl)c1)S(=O)(=O)c1ccccc1. The number of rotatable bonds is 11. The van der Waals surface area contributed by atoms with Crippen LogP contribution in [0.5, 0.6) is 0 Å². The van der Waals surface area contributed by atoms with E-state index in [4.69, 9.17) is 11.6 Å². The van der Waals surface area contributed by atoms with Crippen molar-refractivity contribution in [2.24, 2.45) is 0 Å². The van der Waals surface area contributed by atoms with Crippen molar-refractivity contribution >= 4 is 55.1 Å². The third-order valence-corrected chi connectivity index (χ3v) is 9.13. The molecule has 4 rings (SSSR count). The number of hydrogen-bond donors (Lipinski definition) is 1. The van der Waals surface area contributed by atoms with Gasteiger partial charge in [-0.25, -0.2) is 12.8 Å². The third-order valence-electron chi connectivity index (χ3n) is 6.56. The molecule has 0 saturated heterocycles. The maximum absolute atomic E-state index is 14.2. The molecule has 0 heterocycles. The summed E-state index contributed by atoms with van der Waals surface area (Å²) in [5, 5.41) is 2.34. The van der Waals surface area contributed by atoms with Gasteiger partial charge < -0.3 is 10.2 Å². The molecule has 0 spiro atoms. The van der Waals surface area contributed by atoms with E-state index in [1.165, 1.54) is 30.1 Å². The van der Waals surface area contributed by atoms with E-state index in [9.17, 15) is 22.4 Å². The summed E-state index contributed by atoms with van der Waals surface area (Å²) < 4.78 is 43.5. The van der Waals surface area contributed by atoms with Gasteiger partial charge in [-0.05, 0) is 53.6 Å². The monoisotopic (exact) mass is 671 g/mol. The topological polar surface area (TPSA) is 86.8 Å². The van der Waals surface area contributed by atoms with Crippen LogP contribution in [0.15, 0.2) is 112 Å². The molecule has 4 aromatic rings. The second-order valence-corrected chi connectivity index (χ2v) is 12.6. The Balaban J connectivity index is 1.80. The number of anilines is 1. The number of carbonyl (C=O) groups excluding carboxylic acids is 2. The number of amides is 2. The Hall–Kier alpha value is -3.73. The smallest absolute Gasteiger partial charge is 0.264 e. The lowest BCUT2D eigenvalue weighted by molar-refractivity contribution is -0.139. The Morgan fingerprint density at radius 1 is 0.905 bits per heavy atom. The van der Waals surface area contributed by atoms with Crippen LogP contribution in [-0.2, 0) is 32.6 Å². The van der Waals surface area contributed by atoms with Crippen LogP contribution in [0.2, 0.25) is 5.02 Å². The zero-order chi connectivity index (χ0) is 30.3. The number of sulfonamides is 1. The molecule has 11 heteroatoms. The minimum atomic E-state index is -4.31. The second kappa shape index (κ2) is 14.0. The number of likely N-dealkylation sites (N-methyl/N-ethyl adjacent to an activating group) is 1. The lowest BCUT2D eigenvalue weighted by Crippen LogP contribution is -2.53. The first-order chi connectivity index (χ1) is 20.1. The van der Waals surface area contributed by atoms with Crippen LogP contribution >= 0.6 is 27.5 Å². The van der Waals surface area contributed by atoms with Crippen LogP contribution in [-0.4, -0.2) is 44.8 Å². The Labute approximate surface area is 258 Å². The average Bonchev–Trinajstić information content (AvgIpc) is 2.99. The molecule has 42 heavy (non-hydrogen) atoms. The van der Waals surface area contributed by atoms with Gasteiger partial charge in [0.1, 0.15) is 18.4 Å². The summed E-state index contributed by atoms with van der Waals surface area (Å²) >= 11 is 9.47. The van der Waals surface area contributed by atoms with Gasteiger partial charge in [0.25, 0.3) is 10.0 Å². The minimum Gasteiger partial charge on any atom is -0.357 e. The number of carbonyl (C=O) groups is 2. The molecule has 7 nitrogen and oxygen atoms in total. The largest absolute Gasteiger partial charge is 0.357 e. The summed E-state index contributed by atoms with van der Waals surface area (Å²) in [7, 11) is -2.82. The van der Waals surface area contributed by atoms with Gasteiger partial charge in [-0.3, -0.25) is 13.9 Å². The van der Waals surface area contributed by atoms with Crippen molar-refractivity contribution in [3.8, 4) is 0 Å². The van der Waals surface area contributed by atoms with Crippen molar-refractivity contribution in [1.29, 1.82) is 0 Å². The number of nitrogens with one attached hydrogen (secondary N) is 1. The van der Waals surface area contributed by atoms with E-state index in [2.05, 4.69) is 21.2 Å². The van der Waals surface area contributed by atoms with E-state index in [1.54, 1.807) is 24.3 Å². The first-order valence-corrected chi connectivity index (χ1v) is 15.5. The summed E-state index contributed by atoms with van der Waals surface area (Å²) in [4.78, 5) is 28.8. The zero-order valence-electron chi connectivity index (χ0n) is 22.6. The molecule has 0 aliphatic rings. The molecule has 0 aromatic heterocycles. The van der Waals surface area contributed by atoms with Gasteiger partial charge >= 0.3 is 0 Å². The first-order valence-electron chi connectivity index (χ1n) is 12.9. The minimum absolute atomic E-state index is 0.000519. The Bertz CT molecular complexity index is 1660. The van der Waals surface area contributed by atoms with Gasteiger partial charge in [-0.2, -0.15) is 0 Å². The van der Waals surface area contributed by atoms with Gasteiger partial charge in [0, 0.05) is 24.5 Å². The van der Waals surface area contributed by atoms with E-state index in [0.717, 1.165) is 32.0 Å². The molecule has 0 bridgehead atoms. The van der Waals surface area contributed by atoms with Crippen molar-refractivity contribution in [3.63, 3.8) is 0 Å². The highest BCUT2D eigenvalue weighted by molar-refractivity contribution is 9.10. The predicted molar refractivity (Wildman–Crippen MR) is 165 cm³/mol. The van der Waals surface area contributed by atoms with Crippen LogP contribution in [0.1, 0.15) is 11.1 Å². The standard InChI is InChI=1S/C31H28BrClFN3O4S/c1-35-31(39)29(18-22-9-4-2-5-10-22)36(20-23-11-8-12-24(32)17-23)30(38)21-37(25-15-16-28(34)27(33)19-25)42(40,41)26-13-6-3-7-14-26/h2-17,19,29H,18,20-21H2,1H3,(H,35,39)/t29-/m1/s1.